The highest BCUT2D eigenvalue weighted by molar-refractivity contribution is 6.23. The van der Waals surface area contributed by atoms with Crippen LogP contribution in [0.1, 0.15) is 18.1 Å². The molecule has 0 fully saturated rings. The number of fused-ring (bicyclic) bond motifs is 1. The molecule has 160 valence electrons. The third kappa shape index (κ3) is 3.39. The molecule has 2 heteroatoms. The van der Waals surface area contributed by atoms with Gasteiger partial charge in [-0.05, 0) is 60.6 Å². The zero-order valence-corrected chi connectivity index (χ0v) is 18.6. The monoisotopic (exact) mass is 427 g/mol. The first-order chi connectivity index (χ1) is 16.2. The summed E-state index contributed by atoms with van der Waals surface area (Å²) in [6.07, 6.45) is 0.728. The van der Waals surface area contributed by atoms with Crippen LogP contribution < -0.4 is 5.32 Å². The van der Waals surface area contributed by atoms with Crippen LogP contribution >= 0.6 is 0 Å². The molecule has 0 aliphatic carbocycles. The zero-order chi connectivity index (χ0) is 22.4. The van der Waals surface area contributed by atoms with Crippen molar-refractivity contribution >= 4 is 49.0 Å². The average Bonchev–Trinajstić information content (AvgIpc) is 2.86. The van der Waals surface area contributed by atoms with Gasteiger partial charge in [-0.15, -0.1) is 0 Å². The van der Waals surface area contributed by atoms with E-state index in [0.717, 1.165) is 12.0 Å². The molecule has 0 bridgehead atoms. The molecule has 0 radical (unpaired) electrons. The van der Waals surface area contributed by atoms with Crippen LogP contribution in [0.3, 0.4) is 0 Å². The molecule has 6 aromatic carbocycles. The van der Waals surface area contributed by atoms with Crippen molar-refractivity contribution in [1.82, 2.24) is 5.32 Å². The molecule has 6 rings (SSSR count). The smallest absolute Gasteiger partial charge is 0.223 e. The lowest BCUT2D eigenvalue weighted by molar-refractivity contribution is -0.124. The topological polar surface area (TPSA) is 29.1 Å². The second kappa shape index (κ2) is 7.90. The van der Waals surface area contributed by atoms with E-state index in [9.17, 15) is 4.79 Å². The van der Waals surface area contributed by atoms with Crippen molar-refractivity contribution in [2.45, 2.75) is 19.9 Å². The van der Waals surface area contributed by atoms with E-state index in [1.54, 1.807) is 0 Å². The van der Waals surface area contributed by atoms with Crippen LogP contribution in [-0.4, -0.2) is 5.91 Å². The fourth-order valence-electron chi connectivity index (χ4n) is 5.20. The number of carbonyl (C=O) groups is 1. The number of amides is 1. The molecule has 0 aromatic heterocycles. The summed E-state index contributed by atoms with van der Waals surface area (Å²) >= 11 is 0. The van der Waals surface area contributed by atoms with Crippen LogP contribution in [0.2, 0.25) is 0 Å². The van der Waals surface area contributed by atoms with Gasteiger partial charge in [0.2, 0.25) is 5.91 Å². The number of hydrogen-bond donors (Lipinski definition) is 1. The Morgan fingerprint density at radius 1 is 0.636 bits per heavy atom. The predicted molar refractivity (Wildman–Crippen MR) is 139 cm³/mol. The van der Waals surface area contributed by atoms with Crippen molar-refractivity contribution in [2.75, 3.05) is 0 Å². The van der Waals surface area contributed by atoms with Gasteiger partial charge in [0.15, 0.2) is 0 Å². The van der Waals surface area contributed by atoms with E-state index >= 15 is 0 Å². The lowest BCUT2D eigenvalue weighted by Gasteiger charge is -2.16. The predicted octanol–water partition coefficient (Wildman–Crippen LogP) is 7.23. The quantitative estimate of drug-likeness (QED) is 0.289. The Morgan fingerprint density at radius 2 is 1.27 bits per heavy atom. The van der Waals surface area contributed by atoms with Gasteiger partial charge in [-0.2, -0.15) is 0 Å². The van der Waals surface area contributed by atoms with E-state index in [2.05, 4.69) is 102 Å². The van der Waals surface area contributed by atoms with Crippen LogP contribution in [0.25, 0.3) is 43.1 Å². The Balaban J connectivity index is 1.26. The maximum absolute atomic E-state index is 13.0. The Kier molecular flexibility index (Phi) is 4.73. The van der Waals surface area contributed by atoms with Gasteiger partial charge < -0.3 is 5.32 Å². The average molecular weight is 428 g/mol. The summed E-state index contributed by atoms with van der Waals surface area (Å²) in [5.41, 5.74) is 2.38. The number of carbonyl (C=O) groups excluding carboxylic acids is 1. The van der Waals surface area contributed by atoms with Gasteiger partial charge in [-0.3, -0.25) is 4.79 Å². The molecular weight excluding hydrogens is 402 g/mol. The highest BCUT2D eigenvalue weighted by atomic mass is 16.1. The zero-order valence-electron chi connectivity index (χ0n) is 18.6. The van der Waals surface area contributed by atoms with Crippen molar-refractivity contribution in [1.29, 1.82) is 0 Å². The largest absolute Gasteiger partial charge is 0.352 e. The molecule has 2 nitrogen and oxygen atoms in total. The number of benzene rings is 6. The SMILES string of the molecule is CC(Cc1cccc2ccccc12)C(=O)NCc1ccc2ccc3cccc4ccc1c2c34. The third-order valence-corrected chi connectivity index (χ3v) is 6.93. The summed E-state index contributed by atoms with van der Waals surface area (Å²) in [5, 5.41) is 13.2. The summed E-state index contributed by atoms with van der Waals surface area (Å²) in [6.45, 7) is 2.55. The van der Waals surface area contributed by atoms with Crippen molar-refractivity contribution in [3.63, 3.8) is 0 Å². The molecular formula is C31H25NO. The third-order valence-electron chi connectivity index (χ3n) is 6.93. The number of nitrogens with one attached hydrogen (secondary N) is 1. The van der Waals surface area contributed by atoms with Gasteiger partial charge in [-0.1, -0.05) is 104 Å². The normalized spacial score (nSPS) is 12.6. The fourth-order valence-corrected chi connectivity index (χ4v) is 5.20. The van der Waals surface area contributed by atoms with Crippen molar-refractivity contribution in [2.24, 2.45) is 5.92 Å². The summed E-state index contributed by atoms with van der Waals surface area (Å²) in [7, 11) is 0. The minimum Gasteiger partial charge on any atom is -0.352 e. The lowest BCUT2D eigenvalue weighted by Crippen LogP contribution is -2.30. The molecule has 1 unspecified atom stereocenters. The van der Waals surface area contributed by atoms with E-state index in [-0.39, 0.29) is 11.8 Å². The Bertz CT molecular complexity index is 1610. The molecule has 0 saturated carbocycles. The van der Waals surface area contributed by atoms with E-state index in [4.69, 9.17) is 0 Å². The molecule has 1 amide bonds. The van der Waals surface area contributed by atoms with Gasteiger partial charge in [0.1, 0.15) is 0 Å². The van der Waals surface area contributed by atoms with Crippen LogP contribution in [0.4, 0.5) is 0 Å². The first kappa shape index (κ1) is 19.8. The van der Waals surface area contributed by atoms with Gasteiger partial charge >= 0.3 is 0 Å². The molecule has 0 aliphatic heterocycles. The van der Waals surface area contributed by atoms with Crippen molar-refractivity contribution < 1.29 is 4.79 Å². The first-order valence-corrected chi connectivity index (χ1v) is 11.6. The molecule has 0 saturated heterocycles. The molecule has 0 aliphatic rings. The van der Waals surface area contributed by atoms with Crippen LogP contribution in [0.15, 0.2) is 97.1 Å². The van der Waals surface area contributed by atoms with Gasteiger partial charge in [0, 0.05) is 12.5 Å². The van der Waals surface area contributed by atoms with Gasteiger partial charge in [0.05, 0.1) is 0 Å². The molecule has 1 N–H and O–H groups in total. The van der Waals surface area contributed by atoms with Crippen LogP contribution in [0, 0.1) is 5.92 Å². The highest BCUT2D eigenvalue weighted by Crippen LogP contribution is 2.35. The van der Waals surface area contributed by atoms with Gasteiger partial charge in [0.25, 0.3) is 0 Å². The summed E-state index contributed by atoms with van der Waals surface area (Å²) in [6, 6.07) is 34.3. The molecule has 0 spiro atoms. The standard InChI is InChI=1S/C31H25NO/c1-20(18-25-10-4-7-21-6-2-3-11-27(21)25)31(33)32-19-26-15-14-24-13-12-22-8-5-9-23-16-17-28(26)30(24)29(22)23/h2-17,20H,18-19H2,1H3,(H,32,33). The van der Waals surface area contributed by atoms with E-state index < -0.39 is 0 Å². The summed E-state index contributed by atoms with van der Waals surface area (Å²) in [5.74, 6) is -0.00998. The molecule has 33 heavy (non-hydrogen) atoms. The number of rotatable bonds is 5. The Hall–Kier alpha value is -3.91. The molecule has 6 aromatic rings. The first-order valence-electron chi connectivity index (χ1n) is 11.6. The van der Waals surface area contributed by atoms with E-state index in [1.165, 1.54) is 48.7 Å². The van der Waals surface area contributed by atoms with E-state index in [1.807, 2.05) is 6.92 Å². The minimum atomic E-state index is -0.101. The Labute approximate surface area is 193 Å². The van der Waals surface area contributed by atoms with Crippen LogP contribution in [0.5, 0.6) is 0 Å². The number of hydrogen-bond acceptors (Lipinski definition) is 1. The fraction of sp³-hybridized carbons (Fsp3) is 0.129. The summed E-state index contributed by atoms with van der Waals surface area (Å²) in [4.78, 5) is 13.0. The molecule has 0 heterocycles. The van der Waals surface area contributed by atoms with Crippen LogP contribution in [-0.2, 0) is 17.8 Å². The maximum atomic E-state index is 13.0. The van der Waals surface area contributed by atoms with Gasteiger partial charge in [-0.25, -0.2) is 0 Å². The highest BCUT2D eigenvalue weighted by Gasteiger charge is 2.16. The minimum absolute atomic E-state index is 0.0913. The van der Waals surface area contributed by atoms with Crippen molar-refractivity contribution in [3.05, 3.63) is 108 Å². The van der Waals surface area contributed by atoms with Crippen molar-refractivity contribution in [3.8, 4) is 0 Å². The second-order valence-electron chi connectivity index (χ2n) is 9.04. The molecule has 1 atom stereocenters. The lowest BCUT2D eigenvalue weighted by atomic mass is 9.92. The Morgan fingerprint density at radius 3 is 2.12 bits per heavy atom. The maximum Gasteiger partial charge on any atom is 0.223 e. The van der Waals surface area contributed by atoms with E-state index in [0.29, 0.717) is 6.54 Å². The second-order valence-corrected chi connectivity index (χ2v) is 9.04. The summed E-state index contributed by atoms with van der Waals surface area (Å²) < 4.78 is 0.